The molecule has 0 bridgehead atoms. The Balaban J connectivity index is 2.13. The van der Waals surface area contributed by atoms with Crippen molar-refractivity contribution < 1.29 is 4.79 Å². The molecule has 2 rings (SSSR count). The minimum atomic E-state index is 0.173. The average Bonchev–Trinajstić information content (AvgIpc) is 2.47. The van der Waals surface area contributed by atoms with Gasteiger partial charge in [-0.3, -0.25) is 4.79 Å². The Kier molecular flexibility index (Phi) is 5.00. The Labute approximate surface area is 116 Å². The van der Waals surface area contributed by atoms with Crippen LogP contribution in [0.5, 0.6) is 0 Å². The van der Waals surface area contributed by atoms with E-state index in [0.717, 1.165) is 30.4 Å². The normalized spacial score (nSPS) is 16.3. The van der Waals surface area contributed by atoms with Crippen LogP contribution in [0.2, 0.25) is 0 Å². The third-order valence-corrected chi connectivity index (χ3v) is 4.06. The molecule has 0 spiro atoms. The van der Waals surface area contributed by atoms with E-state index in [1.54, 1.807) is 0 Å². The molecule has 0 saturated heterocycles. The molecule has 0 aromatic heterocycles. The second-order valence-corrected chi connectivity index (χ2v) is 5.41. The van der Waals surface area contributed by atoms with Gasteiger partial charge in [-0.15, -0.1) is 0 Å². The lowest BCUT2D eigenvalue weighted by Crippen LogP contribution is -2.38. The molecule has 2 nitrogen and oxygen atoms in total. The highest BCUT2D eigenvalue weighted by atomic mass is 16.2. The second kappa shape index (κ2) is 6.74. The number of benzene rings is 1. The predicted octanol–water partition coefficient (Wildman–Crippen LogP) is 4.05. The zero-order valence-electron chi connectivity index (χ0n) is 12.1. The third kappa shape index (κ3) is 3.37. The first-order valence-electron chi connectivity index (χ1n) is 7.43. The average molecular weight is 258 g/mol. The first-order valence-corrected chi connectivity index (χ1v) is 7.43. The Morgan fingerprint density at radius 1 is 1.26 bits per heavy atom. The van der Waals surface area contributed by atoms with Crippen LogP contribution in [0.3, 0.4) is 0 Å². The van der Waals surface area contributed by atoms with E-state index < -0.39 is 0 Å². The number of carbonyl (C=O) groups excluding carboxylic acids is 1. The van der Waals surface area contributed by atoms with E-state index >= 15 is 0 Å². The molecule has 19 heavy (non-hydrogen) atoms. The number of hydrogen-bond donors (Lipinski definition) is 0. The van der Waals surface area contributed by atoms with Gasteiger partial charge in [-0.2, -0.15) is 0 Å². The maximum absolute atomic E-state index is 12.6. The minimum absolute atomic E-state index is 0.173. The van der Waals surface area contributed by atoms with E-state index in [1.807, 2.05) is 36.2 Å². The van der Waals surface area contributed by atoms with Crippen molar-refractivity contribution in [2.75, 3.05) is 7.05 Å². The SMILES string of the molecule is CC[CH]c1ccccc1C(=O)N(C)C1CCCCC1. The van der Waals surface area contributed by atoms with Crippen molar-refractivity contribution in [2.45, 2.75) is 51.5 Å². The number of amides is 1. The predicted molar refractivity (Wildman–Crippen MR) is 79.1 cm³/mol. The summed E-state index contributed by atoms with van der Waals surface area (Å²) in [7, 11) is 1.96. The number of rotatable bonds is 4. The van der Waals surface area contributed by atoms with Crippen LogP contribution in [0.1, 0.15) is 61.4 Å². The second-order valence-electron chi connectivity index (χ2n) is 5.41. The van der Waals surface area contributed by atoms with Crippen LogP contribution in [0.15, 0.2) is 24.3 Å². The van der Waals surface area contributed by atoms with Gasteiger partial charge in [0, 0.05) is 18.7 Å². The van der Waals surface area contributed by atoms with Gasteiger partial charge in [-0.25, -0.2) is 0 Å². The summed E-state index contributed by atoms with van der Waals surface area (Å²) < 4.78 is 0. The molecular formula is C17H24NO. The Bertz CT molecular complexity index is 421. The molecule has 103 valence electrons. The quantitative estimate of drug-likeness (QED) is 0.797. The summed E-state index contributed by atoms with van der Waals surface area (Å²) in [5.41, 5.74) is 1.91. The molecule has 1 fully saturated rings. The van der Waals surface area contributed by atoms with Crippen LogP contribution in [-0.4, -0.2) is 23.9 Å². The monoisotopic (exact) mass is 258 g/mol. The zero-order chi connectivity index (χ0) is 13.7. The minimum Gasteiger partial charge on any atom is -0.339 e. The van der Waals surface area contributed by atoms with Gasteiger partial charge >= 0.3 is 0 Å². The first kappa shape index (κ1) is 14.1. The van der Waals surface area contributed by atoms with E-state index in [2.05, 4.69) is 13.3 Å². The van der Waals surface area contributed by atoms with Crippen LogP contribution >= 0.6 is 0 Å². The van der Waals surface area contributed by atoms with Gasteiger partial charge in [-0.05, 0) is 37.3 Å². The molecule has 1 aliphatic rings. The zero-order valence-corrected chi connectivity index (χ0v) is 12.1. The van der Waals surface area contributed by atoms with E-state index in [4.69, 9.17) is 0 Å². The van der Waals surface area contributed by atoms with Crippen molar-refractivity contribution in [3.05, 3.63) is 41.8 Å². The van der Waals surface area contributed by atoms with Crippen molar-refractivity contribution in [1.82, 2.24) is 4.90 Å². The van der Waals surface area contributed by atoms with Crippen LogP contribution in [0.4, 0.5) is 0 Å². The summed E-state index contributed by atoms with van der Waals surface area (Å²) in [6, 6.07) is 8.36. The maximum Gasteiger partial charge on any atom is 0.254 e. The van der Waals surface area contributed by atoms with Crippen molar-refractivity contribution in [3.63, 3.8) is 0 Å². The molecule has 0 aliphatic heterocycles. The summed E-state index contributed by atoms with van der Waals surface area (Å²) in [5.74, 6) is 0.173. The van der Waals surface area contributed by atoms with E-state index in [0.29, 0.717) is 6.04 Å². The van der Waals surface area contributed by atoms with Crippen LogP contribution in [-0.2, 0) is 0 Å². The summed E-state index contributed by atoms with van der Waals surface area (Å²) in [6.07, 6.45) is 9.22. The summed E-state index contributed by atoms with van der Waals surface area (Å²) in [6.45, 7) is 2.10. The molecule has 1 aromatic carbocycles. The molecule has 1 saturated carbocycles. The highest BCUT2D eigenvalue weighted by Crippen LogP contribution is 2.24. The molecular weight excluding hydrogens is 234 g/mol. The van der Waals surface area contributed by atoms with Crippen molar-refractivity contribution in [3.8, 4) is 0 Å². The Morgan fingerprint density at radius 2 is 1.95 bits per heavy atom. The van der Waals surface area contributed by atoms with Crippen molar-refractivity contribution >= 4 is 5.91 Å². The lowest BCUT2D eigenvalue weighted by atomic mass is 9.93. The molecule has 0 unspecified atom stereocenters. The molecule has 0 N–H and O–H groups in total. The lowest BCUT2D eigenvalue weighted by Gasteiger charge is -2.31. The van der Waals surface area contributed by atoms with E-state index in [9.17, 15) is 4.79 Å². The van der Waals surface area contributed by atoms with Crippen molar-refractivity contribution in [2.24, 2.45) is 0 Å². The highest BCUT2D eigenvalue weighted by Gasteiger charge is 2.24. The first-order chi connectivity index (χ1) is 9.24. The smallest absolute Gasteiger partial charge is 0.254 e. The van der Waals surface area contributed by atoms with Crippen LogP contribution < -0.4 is 0 Å². The largest absolute Gasteiger partial charge is 0.339 e. The summed E-state index contributed by atoms with van der Waals surface area (Å²) in [5, 5.41) is 0. The highest BCUT2D eigenvalue weighted by molar-refractivity contribution is 5.96. The molecule has 0 atom stereocenters. The molecule has 1 aliphatic carbocycles. The van der Waals surface area contributed by atoms with Crippen LogP contribution in [0, 0.1) is 6.42 Å². The van der Waals surface area contributed by atoms with Gasteiger partial charge in [0.25, 0.3) is 5.91 Å². The van der Waals surface area contributed by atoms with Gasteiger partial charge in [0.1, 0.15) is 0 Å². The molecule has 1 aromatic rings. The van der Waals surface area contributed by atoms with Crippen LogP contribution in [0.25, 0.3) is 0 Å². The molecule has 0 heterocycles. The Hall–Kier alpha value is -1.31. The van der Waals surface area contributed by atoms with Gasteiger partial charge < -0.3 is 4.90 Å². The molecule has 1 amide bonds. The number of nitrogens with zero attached hydrogens (tertiary/aromatic N) is 1. The van der Waals surface area contributed by atoms with Gasteiger partial charge in [0.05, 0.1) is 0 Å². The fourth-order valence-electron chi connectivity index (χ4n) is 2.91. The van der Waals surface area contributed by atoms with Gasteiger partial charge in [0.15, 0.2) is 0 Å². The fourth-order valence-corrected chi connectivity index (χ4v) is 2.91. The Morgan fingerprint density at radius 3 is 2.63 bits per heavy atom. The van der Waals surface area contributed by atoms with E-state index in [-0.39, 0.29) is 5.91 Å². The lowest BCUT2D eigenvalue weighted by molar-refractivity contribution is 0.0695. The standard InChI is InChI=1S/C17H24NO/c1-3-9-14-10-7-8-13-16(14)17(19)18(2)15-11-5-4-6-12-15/h7-10,13,15H,3-6,11-12H2,1-2H3. The molecule has 1 radical (unpaired) electrons. The third-order valence-electron chi connectivity index (χ3n) is 4.06. The fraction of sp³-hybridized carbons (Fsp3) is 0.529. The number of carbonyl (C=O) groups is 1. The summed E-state index contributed by atoms with van der Waals surface area (Å²) >= 11 is 0. The maximum atomic E-state index is 12.6. The van der Waals surface area contributed by atoms with Gasteiger partial charge in [0.2, 0.25) is 0 Å². The van der Waals surface area contributed by atoms with E-state index in [1.165, 1.54) is 19.3 Å². The summed E-state index contributed by atoms with van der Waals surface area (Å²) in [4.78, 5) is 14.6. The number of hydrogen-bond acceptors (Lipinski definition) is 1. The van der Waals surface area contributed by atoms with Crippen molar-refractivity contribution in [1.29, 1.82) is 0 Å². The van der Waals surface area contributed by atoms with Gasteiger partial charge in [-0.1, -0.05) is 44.4 Å². The molecule has 2 heteroatoms. The topological polar surface area (TPSA) is 20.3 Å².